The van der Waals surface area contributed by atoms with E-state index in [0.29, 0.717) is 31.9 Å². The Balaban J connectivity index is 2.11. The summed E-state index contributed by atoms with van der Waals surface area (Å²) >= 11 is 0. The predicted molar refractivity (Wildman–Crippen MR) is 124 cm³/mol. The average molecular weight is 469 g/mol. The van der Waals surface area contributed by atoms with Gasteiger partial charge in [-0.2, -0.15) is 4.31 Å². The molecule has 9 nitrogen and oxygen atoms in total. The third-order valence-electron chi connectivity index (χ3n) is 5.58. The van der Waals surface area contributed by atoms with Gasteiger partial charge in [-0.15, -0.1) is 0 Å². The van der Waals surface area contributed by atoms with Gasteiger partial charge in [0.2, 0.25) is 21.8 Å². The lowest BCUT2D eigenvalue weighted by Gasteiger charge is -2.23. The van der Waals surface area contributed by atoms with Gasteiger partial charge >= 0.3 is 0 Å². The molecule has 2 amide bonds. The number of rotatable bonds is 10. The Morgan fingerprint density at radius 3 is 2.25 bits per heavy atom. The lowest BCUT2D eigenvalue weighted by molar-refractivity contribution is -0.132. The number of hydrogen-bond acceptors (Lipinski definition) is 6. The minimum atomic E-state index is -3.66. The molecule has 0 bridgehead atoms. The molecule has 0 unspecified atom stereocenters. The molecule has 32 heavy (non-hydrogen) atoms. The van der Waals surface area contributed by atoms with Gasteiger partial charge in [0.25, 0.3) is 0 Å². The molecule has 1 fully saturated rings. The molecule has 1 aliphatic heterocycles. The number of ether oxygens (including phenoxy) is 1. The van der Waals surface area contributed by atoms with Crippen molar-refractivity contribution in [2.24, 2.45) is 0 Å². The molecule has 180 valence electrons. The molecule has 1 heterocycles. The number of carbonyl (C=O) groups is 2. The molecule has 1 aromatic rings. The van der Waals surface area contributed by atoms with Crippen LogP contribution < -0.4 is 10.1 Å². The second-order valence-electron chi connectivity index (χ2n) is 7.97. The van der Waals surface area contributed by atoms with E-state index >= 15 is 0 Å². The molecular weight excluding hydrogens is 432 g/mol. The first-order valence-electron chi connectivity index (χ1n) is 11.2. The van der Waals surface area contributed by atoms with Crippen molar-refractivity contribution in [2.45, 2.75) is 44.4 Å². The van der Waals surface area contributed by atoms with Gasteiger partial charge in [-0.05, 0) is 51.9 Å². The zero-order chi connectivity index (χ0) is 23.7. The van der Waals surface area contributed by atoms with Crippen LogP contribution >= 0.6 is 0 Å². The molecule has 1 saturated heterocycles. The molecule has 1 N–H and O–H groups in total. The second kappa shape index (κ2) is 12.2. The Bertz CT molecular complexity index is 878. The Morgan fingerprint density at radius 2 is 1.69 bits per heavy atom. The zero-order valence-electron chi connectivity index (χ0n) is 19.6. The van der Waals surface area contributed by atoms with Crippen LogP contribution in [0.15, 0.2) is 23.1 Å². The first kappa shape index (κ1) is 26.1. The Morgan fingerprint density at radius 1 is 1.06 bits per heavy atom. The number of nitrogens with one attached hydrogen (secondary N) is 1. The Kier molecular flexibility index (Phi) is 9.92. The lowest BCUT2D eigenvalue weighted by atomic mass is 10.2. The molecule has 1 aliphatic rings. The highest BCUT2D eigenvalue weighted by atomic mass is 32.2. The van der Waals surface area contributed by atoms with Gasteiger partial charge in [-0.3, -0.25) is 14.5 Å². The standard InChI is InChI=1S/C22H36N4O5S/c1-5-25(6-2)22(28)17-24(3)16-21(27)23-19-15-18(11-12-20(19)31-4)32(29,30)26-13-9-7-8-10-14-26/h11-12,15H,5-10,13-14,16-17H2,1-4H3,(H,23,27). The summed E-state index contributed by atoms with van der Waals surface area (Å²) in [7, 11) is -0.503. The van der Waals surface area contributed by atoms with E-state index in [1.54, 1.807) is 22.9 Å². The van der Waals surface area contributed by atoms with Crippen LogP contribution in [-0.4, -0.2) is 87.8 Å². The largest absolute Gasteiger partial charge is 0.495 e. The molecule has 0 saturated carbocycles. The quantitative estimate of drug-likeness (QED) is 0.564. The van der Waals surface area contributed by atoms with Crippen LogP contribution in [0.5, 0.6) is 5.75 Å². The maximum atomic E-state index is 13.1. The van der Waals surface area contributed by atoms with Gasteiger partial charge < -0.3 is 15.0 Å². The summed E-state index contributed by atoms with van der Waals surface area (Å²) in [5, 5.41) is 2.74. The van der Waals surface area contributed by atoms with E-state index < -0.39 is 10.0 Å². The maximum Gasteiger partial charge on any atom is 0.243 e. The van der Waals surface area contributed by atoms with Gasteiger partial charge in [0.1, 0.15) is 5.75 Å². The highest BCUT2D eigenvalue weighted by Gasteiger charge is 2.26. The van der Waals surface area contributed by atoms with E-state index in [0.717, 1.165) is 25.7 Å². The van der Waals surface area contributed by atoms with E-state index in [2.05, 4.69) is 5.32 Å². The first-order valence-corrected chi connectivity index (χ1v) is 12.6. The van der Waals surface area contributed by atoms with Crippen molar-refractivity contribution in [3.8, 4) is 5.75 Å². The number of nitrogens with zero attached hydrogens (tertiary/aromatic N) is 3. The minimum absolute atomic E-state index is 0.0146. The van der Waals surface area contributed by atoms with Gasteiger partial charge in [0.15, 0.2) is 0 Å². The Hall–Kier alpha value is -2.17. The van der Waals surface area contributed by atoms with Gasteiger partial charge in [-0.1, -0.05) is 12.8 Å². The number of benzene rings is 1. The number of methoxy groups -OCH3 is 1. The van der Waals surface area contributed by atoms with E-state index in [1.807, 2.05) is 13.8 Å². The molecule has 10 heteroatoms. The maximum absolute atomic E-state index is 13.1. The number of hydrogen-bond donors (Lipinski definition) is 1. The number of carbonyl (C=O) groups excluding carboxylic acids is 2. The van der Waals surface area contributed by atoms with Crippen molar-refractivity contribution in [2.75, 3.05) is 58.7 Å². The SMILES string of the molecule is CCN(CC)C(=O)CN(C)CC(=O)Nc1cc(S(=O)(=O)N2CCCCCC2)ccc1OC. The second-order valence-corrected chi connectivity index (χ2v) is 9.90. The molecule has 1 aromatic carbocycles. The molecule has 0 aromatic heterocycles. The lowest BCUT2D eigenvalue weighted by Crippen LogP contribution is -2.41. The monoisotopic (exact) mass is 468 g/mol. The van der Waals surface area contributed by atoms with Crippen LogP contribution in [0.1, 0.15) is 39.5 Å². The van der Waals surface area contributed by atoms with Crippen molar-refractivity contribution in [3.05, 3.63) is 18.2 Å². The number of anilines is 1. The minimum Gasteiger partial charge on any atom is -0.495 e. The number of likely N-dealkylation sites (N-methyl/N-ethyl adjacent to an activating group) is 2. The molecular formula is C22H36N4O5S. The van der Waals surface area contributed by atoms with Crippen LogP contribution in [0, 0.1) is 0 Å². The third kappa shape index (κ3) is 6.91. The predicted octanol–water partition coefficient (Wildman–Crippen LogP) is 2.00. The van der Waals surface area contributed by atoms with Crippen molar-refractivity contribution in [1.82, 2.24) is 14.1 Å². The zero-order valence-corrected chi connectivity index (χ0v) is 20.4. The third-order valence-corrected chi connectivity index (χ3v) is 7.48. The topological polar surface area (TPSA) is 99.3 Å². The van der Waals surface area contributed by atoms with Gasteiger partial charge in [-0.25, -0.2) is 8.42 Å². The molecule has 0 spiro atoms. The van der Waals surface area contributed by atoms with Gasteiger partial charge in [0, 0.05) is 26.2 Å². The summed E-state index contributed by atoms with van der Waals surface area (Å²) in [4.78, 5) is 28.3. The summed E-state index contributed by atoms with van der Waals surface area (Å²) in [6.07, 6.45) is 3.75. The normalized spacial score (nSPS) is 15.3. The number of amides is 2. The van der Waals surface area contributed by atoms with E-state index in [1.165, 1.54) is 23.5 Å². The number of sulfonamides is 1. The average Bonchev–Trinajstić information content (AvgIpc) is 3.04. The summed E-state index contributed by atoms with van der Waals surface area (Å²) in [5.41, 5.74) is 0.289. The fourth-order valence-electron chi connectivity index (χ4n) is 3.77. The molecule has 0 atom stereocenters. The highest BCUT2D eigenvalue weighted by molar-refractivity contribution is 7.89. The van der Waals surface area contributed by atoms with Crippen LogP contribution in [0.2, 0.25) is 0 Å². The summed E-state index contributed by atoms with van der Waals surface area (Å²) < 4.78 is 33.1. The fraction of sp³-hybridized carbons (Fsp3) is 0.636. The van der Waals surface area contributed by atoms with Crippen LogP contribution in [0.3, 0.4) is 0 Å². The summed E-state index contributed by atoms with van der Waals surface area (Å²) in [6.45, 7) is 6.16. The van der Waals surface area contributed by atoms with E-state index in [-0.39, 0.29) is 35.5 Å². The smallest absolute Gasteiger partial charge is 0.243 e. The van der Waals surface area contributed by atoms with Crippen molar-refractivity contribution >= 4 is 27.5 Å². The van der Waals surface area contributed by atoms with E-state index in [4.69, 9.17) is 4.74 Å². The van der Waals surface area contributed by atoms with E-state index in [9.17, 15) is 18.0 Å². The van der Waals surface area contributed by atoms with Gasteiger partial charge in [0.05, 0.1) is 30.8 Å². The van der Waals surface area contributed by atoms with Crippen LogP contribution in [-0.2, 0) is 19.6 Å². The van der Waals surface area contributed by atoms with Crippen LogP contribution in [0.25, 0.3) is 0 Å². The van der Waals surface area contributed by atoms with Crippen LogP contribution in [0.4, 0.5) is 5.69 Å². The van der Waals surface area contributed by atoms with Crippen molar-refractivity contribution in [1.29, 1.82) is 0 Å². The highest BCUT2D eigenvalue weighted by Crippen LogP contribution is 2.29. The van der Waals surface area contributed by atoms with Crippen molar-refractivity contribution in [3.63, 3.8) is 0 Å². The molecule has 0 radical (unpaired) electrons. The Labute approximate surface area is 191 Å². The molecule has 2 rings (SSSR count). The summed E-state index contributed by atoms with van der Waals surface area (Å²) in [5.74, 6) is -0.0362. The summed E-state index contributed by atoms with van der Waals surface area (Å²) in [6, 6.07) is 4.50. The fourth-order valence-corrected chi connectivity index (χ4v) is 5.32. The first-order chi connectivity index (χ1) is 15.2. The van der Waals surface area contributed by atoms with Crippen molar-refractivity contribution < 1.29 is 22.7 Å². The molecule has 0 aliphatic carbocycles.